The summed E-state index contributed by atoms with van der Waals surface area (Å²) in [6.07, 6.45) is 0.209. The average Bonchev–Trinajstić information content (AvgIpc) is 2.97. The Balaban J connectivity index is 1.59. The summed E-state index contributed by atoms with van der Waals surface area (Å²) >= 11 is 0. The van der Waals surface area contributed by atoms with Gasteiger partial charge in [0.25, 0.3) is 0 Å². The Morgan fingerprint density at radius 1 is 1.04 bits per heavy atom. The van der Waals surface area contributed by atoms with Gasteiger partial charge in [-0.2, -0.15) is 0 Å². The zero-order chi connectivity index (χ0) is 17.1. The van der Waals surface area contributed by atoms with Crippen molar-refractivity contribution in [3.8, 4) is 0 Å². The van der Waals surface area contributed by atoms with Gasteiger partial charge in [-0.25, -0.2) is 0 Å². The molecule has 0 bridgehead atoms. The quantitative estimate of drug-likeness (QED) is 0.810. The topological polar surface area (TPSA) is 46.6 Å². The molecule has 1 fully saturated rings. The number of hydrogen-bond donors (Lipinski definition) is 0. The molecule has 0 saturated carbocycles. The van der Waals surface area contributed by atoms with E-state index in [1.54, 1.807) is 4.90 Å². The third kappa shape index (κ3) is 3.65. The molecule has 1 heterocycles. The fourth-order valence-corrected chi connectivity index (χ4v) is 2.80. The lowest BCUT2D eigenvalue weighted by molar-refractivity contribution is -0.149. The van der Waals surface area contributed by atoms with Crippen molar-refractivity contribution in [2.45, 2.75) is 26.9 Å². The van der Waals surface area contributed by atoms with Crippen molar-refractivity contribution in [1.29, 1.82) is 0 Å². The van der Waals surface area contributed by atoms with Crippen LogP contribution in [0.2, 0.25) is 0 Å². The van der Waals surface area contributed by atoms with Crippen LogP contribution in [0.15, 0.2) is 48.5 Å². The first-order chi connectivity index (χ1) is 11.5. The van der Waals surface area contributed by atoms with Crippen LogP contribution in [-0.2, 0) is 20.9 Å². The second-order valence-corrected chi connectivity index (χ2v) is 6.33. The molecule has 2 aromatic rings. The van der Waals surface area contributed by atoms with E-state index in [0.29, 0.717) is 6.54 Å². The minimum absolute atomic E-state index is 0.0314. The summed E-state index contributed by atoms with van der Waals surface area (Å²) in [5.41, 5.74) is 4.09. The summed E-state index contributed by atoms with van der Waals surface area (Å²) in [4.78, 5) is 26.1. The molecule has 1 aliphatic rings. The summed E-state index contributed by atoms with van der Waals surface area (Å²) in [7, 11) is 0. The number of amides is 1. The van der Waals surface area contributed by atoms with Gasteiger partial charge < -0.3 is 9.64 Å². The largest absolute Gasteiger partial charge is 0.461 e. The molecule has 0 aliphatic carbocycles. The second-order valence-electron chi connectivity index (χ2n) is 6.33. The molecule has 0 aromatic heterocycles. The van der Waals surface area contributed by atoms with Crippen LogP contribution in [-0.4, -0.2) is 18.4 Å². The van der Waals surface area contributed by atoms with Gasteiger partial charge in [-0.05, 0) is 31.5 Å². The minimum Gasteiger partial charge on any atom is -0.461 e. The van der Waals surface area contributed by atoms with E-state index in [4.69, 9.17) is 4.74 Å². The van der Waals surface area contributed by atoms with Crippen LogP contribution in [0.3, 0.4) is 0 Å². The van der Waals surface area contributed by atoms with Crippen LogP contribution in [0.1, 0.15) is 23.1 Å². The molecule has 1 amide bonds. The van der Waals surface area contributed by atoms with Gasteiger partial charge in [0, 0.05) is 18.7 Å². The highest BCUT2D eigenvalue weighted by Gasteiger charge is 2.36. The van der Waals surface area contributed by atoms with Gasteiger partial charge in [0.1, 0.15) is 6.61 Å². The first kappa shape index (κ1) is 16.2. The van der Waals surface area contributed by atoms with E-state index in [0.717, 1.165) is 16.8 Å². The van der Waals surface area contributed by atoms with Crippen molar-refractivity contribution in [3.63, 3.8) is 0 Å². The number of hydrogen-bond acceptors (Lipinski definition) is 3. The normalized spacial score (nSPS) is 17.2. The molecule has 24 heavy (non-hydrogen) atoms. The van der Waals surface area contributed by atoms with Crippen molar-refractivity contribution < 1.29 is 14.3 Å². The molecule has 4 heteroatoms. The lowest BCUT2D eigenvalue weighted by Crippen LogP contribution is -2.26. The van der Waals surface area contributed by atoms with Gasteiger partial charge >= 0.3 is 5.97 Å². The number of carbonyl (C=O) groups is 2. The van der Waals surface area contributed by atoms with Crippen LogP contribution in [0.5, 0.6) is 0 Å². The van der Waals surface area contributed by atoms with Gasteiger partial charge in [-0.3, -0.25) is 9.59 Å². The van der Waals surface area contributed by atoms with Gasteiger partial charge in [0.05, 0.1) is 5.92 Å². The summed E-state index contributed by atoms with van der Waals surface area (Å²) in [5, 5.41) is 0. The van der Waals surface area contributed by atoms with E-state index in [9.17, 15) is 9.59 Å². The standard InChI is InChI=1S/C20H21NO3/c1-14-3-7-16(8-4-14)13-24-20(23)17-11-19(22)21(12-17)18-9-5-15(2)6-10-18/h3-10,17H,11-13H2,1-2H3/t17-/m1/s1. The fraction of sp³-hybridized carbons (Fsp3) is 0.300. The van der Waals surface area contributed by atoms with Crippen molar-refractivity contribution in [1.82, 2.24) is 0 Å². The number of nitrogens with zero attached hydrogens (tertiary/aromatic N) is 1. The maximum Gasteiger partial charge on any atom is 0.311 e. The number of benzene rings is 2. The monoisotopic (exact) mass is 323 g/mol. The van der Waals surface area contributed by atoms with E-state index in [-0.39, 0.29) is 24.9 Å². The van der Waals surface area contributed by atoms with Crippen LogP contribution in [0, 0.1) is 19.8 Å². The molecular weight excluding hydrogens is 302 g/mol. The third-order valence-corrected chi connectivity index (χ3v) is 4.31. The minimum atomic E-state index is -0.399. The average molecular weight is 323 g/mol. The zero-order valence-corrected chi connectivity index (χ0v) is 14.0. The van der Waals surface area contributed by atoms with Gasteiger partial charge in [0.15, 0.2) is 0 Å². The summed E-state index contributed by atoms with van der Waals surface area (Å²) in [5.74, 6) is -0.737. The van der Waals surface area contributed by atoms with Gasteiger partial charge in [-0.15, -0.1) is 0 Å². The smallest absolute Gasteiger partial charge is 0.311 e. The van der Waals surface area contributed by atoms with E-state index < -0.39 is 5.92 Å². The number of rotatable bonds is 4. The lowest BCUT2D eigenvalue weighted by atomic mass is 10.1. The van der Waals surface area contributed by atoms with Gasteiger partial charge in [-0.1, -0.05) is 47.5 Å². The summed E-state index contributed by atoms with van der Waals surface area (Å²) in [6.45, 7) is 4.64. The number of anilines is 1. The molecule has 1 aliphatic heterocycles. The zero-order valence-electron chi connectivity index (χ0n) is 14.0. The van der Waals surface area contributed by atoms with Crippen LogP contribution in [0.25, 0.3) is 0 Å². The fourth-order valence-electron chi connectivity index (χ4n) is 2.80. The Kier molecular flexibility index (Phi) is 4.65. The molecule has 124 valence electrons. The molecule has 3 rings (SSSR count). The van der Waals surface area contributed by atoms with Crippen LogP contribution < -0.4 is 4.90 Å². The van der Waals surface area contributed by atoms with Crippen molar-refractivity contribution in [2.24, 2.45) is 5.92 Å². The Morgan fingerprint density at radius 2 is 1.62 bits per heavy atom. The lowest BCUT2D eigenvalue weighted by Gasteiger charge is -2.16. The third-order valence-electron chi connectivity index (χ3n) is 4.31. The molecule has 2 aromatic carbocycles. The summed E-state index contributed by atoms with van der Waals surface area (Å²) in [6, 6.07) is 15.6. The summed E-state index contributed by atoms with van der Waals surface area (Å²) < 4.78 is 5.39. The Bertz CT molecular complexity index is 734. The maximum absolute atomic E-state index is 12.3. The number of ether oxygens (including phenoxy) is 1. The first-order valence-corrected chi connectivity index (χ1v) is 8.12. The number of carbonyl (C=O) groups excluding carboxylic acids is 2. The predicted octanol–water partition coefficient (Wildman–Crippen LogP) is 3.40. The van der Waals surface area contributed by atoms with E-state index >= 15 is 0 Å². The van der Waals surface area contributed by atoms with E-state index in [1.165, 1.54) is 5.56 Å². The van der Waals surface area contributed by atoms with Crippen molar-refractivity contribution >= 4 is 17.6 Å². The number of aryl methyl sites for hydroxylation is 2. The molecule has 0 unspecified atom stereocenters. The van der Waals surface area contributed by atoms with Crippen molar-refractivity contribution in [3.05, 3.63) is 65.2 Å². The Hall–Kier alpha value is -2.62. The number of esters is 1. The van der Waals surface area contributed by atoms with E-state index in [1.807, 2.05) is 62.4 Å². The van der Waals surface area contributed by atoms with Crippen molar-refractivity contribution in [2.75, 3.05) is 11.4 Å². The molecule has 0 N–H and O–H groups in total. The Labute approximate surface area is 142 Å². The molecule has 0 spiro atoms. The van der Waals surface area contributed by atoms with Crippen LogP contribution >= 0.6 is 0 Å². The van der Waals surface area contributed by atoms with E-state index in [2.05, 4.69) is 0 Å². The molecular formula is C20H21NO3. The van der Waals surface area contributed by atoms with Crippen LogP contribution in [0.4, 0.5) is 5.69 Å². The Morgan fingerprint density at radius 3 is 2.25 bits per heavy atom. The SMILES string of the molecule is Cc1ccc(COC(=O)[C@@H]2CC(=O)N(c3ccc(C)cc3)C2)cc1. The first-order valence-electron chi connectivity index (χ1n) is 8.12. The highest BCUT2D eigenvalue weighted by atomic mass is 16.5. The molecule has 1 atom stereocenters. The highest BCUT2D eigenvalue weighted by Crippen LogP contribution is 2.26. The predicted molar refractivity (Wildman–Crippen MR) is 92.6 cm³/mol. The highest BCUT2D eigenvalue weighted by molar-refractivity contribution is 5.99. The van der Waals surface area contributed by atoms with Gasteiger partial charge in [0.2, 0.25) is 5.91 Å². The second kappa shape index (κ2) is 6.87. The molecule has 4 nitrogen and oxygen atoms in total. The molecule has 1 saturated heterocycles. The molecule has 0 radical (unpaired) electrons. The maximum atomic E-state index is 12.3.